The summed E-state index contributed by atoms with van der Waals surface area (Å²) in [6, 6.07) is 12.2. The molecule has 1 heterocycles. The molecule has 176 valence electrons. The van der Waals surface area contributed by atoms with Crippen molar-refractivity contribution in [1.29, 1.82) is 0 Å². The molecule has 9 heteroatoms. The molecule has 2 aromatic carbocycles. The van der Waals surface area contributed by atoms with Crippen LogP contribution in [0.2, 0.25) is 0 Å². The van der Waals surface area contributed by atoms with Gasteiger partial charge in [0, 0.05) is 36.2 Å². The highest BCUT2D eigenvalue weighted by atomic mass is 16.5. The van der Waals surface area contributed by atoms with Gasteiger partial charge in [0.05, 0.1) is 31.7 Å². The van der Waals surface area contributed by atoms with E-state index in [0.29, 0.717) is 35.8 Å². The van der Waals surface area contributed by atoms with Crippen LogP contribution in [0.1, 0.15) is 41.0 Å². The first-order chi connectivity index (χ1) is 15.8. The van der Waals surface area contributed by atoms with E-state index in [4.69, 9.17) is 15.2 Å². The quantitative estimate of drug-likeness (QED) is 0.562. The average molecular weight is 455 g/mol. The molecule has 0 bridgehead atoms. The minimum atomic E-state index is -0.493. The van der Waals surface area contributed by atoms with Crippen molar-refractivity contribution >= 4 is 29.1 Å². The molecule has 0 radical (unpaired) electrons. The Morgan fingerprint density at radius 1 is 1.06 bits per heavy atom. The van der Waals surface area contributed by atoms with E-state index < -0.39 is 5.91 Å². The number of rotatable bonds is 8. The van der Waals surface area contributed by atoms with Crippen LogP contribution < -0.4 is 26.0 Å². The number of benzene rings is 2. The Hall–Kier alpha value is -3.59. The second-order valence-corrected chi connectivity index (χ2v) is 8.03. The largest absolute Gasteiger partial charge is 0.497 e. The molecule has 33 heavy (non-hydrogen) atoms. The van der Waals surface area contributed by atoms with E-state index in [1.165, 1.54) is 7.11 Å². The number of morpholine rings is 1. The summed E-state index contributed by atoms with van der Waals surface area (Å²) < 4.78 is 10.9. The maximum absolute atomic E-state index is 13.0. The Morgan fingerprint density at radius 3 is 2.42 bits per heavy atom. The fourth-order valence-electron chi connectivity index (χ4n) is 3.84. The van der Waals surface area contributed by atoms with Crippen LogP contribution in [0.3, 0.4) is 0 Å². The van der Waals surface area contributed by atoms with Crippen molar-refractivity contribution in [1.82, 2.24) is 5.32 Å². The molecule has 1 fully saturated rings. The lowest BCUT2D eigenvalue weighted by atomic mass is 10.1. The second-order valence-electron chi connectivity index (χ2n) is 8.03. The summed E-state index contributed by atoms with van der Waals surface area (Å²) in [4.78, 5) is 38.8. The number of nitrogens with zero attached hydrogens (tertiary/aromatic N) is 1. The van der Waals surface area contributed by atoms with Crippen molar-refractivity contribution < 1.29 is 23.9 Å². The molecule has 4 N–H and O–H groups in total. The van der Waals surface area contributed by atoms with Crippen molar-refractivity contribution in [2.75, 3.05) is 37.1 Å². The molecular formula is C24H30N4O5. The normalized spacial score (nSPS) is 17.8. The smallest absolute Gasteiger partial charge is 0.255 e. The molecule has 3 rings (SSSR count). The Kier molecular flexibility index (Phi) is 7.89. The van der Waals surface area contributed by atoms with E-state index in [2.05, 4.69) is 15.5 Å². The topological polar surface area (TPSA) is 123 Å². The standard InChI is InChI=1S/C24H30N4O5/c1-15-13-33-14-16(2)28(15)21-8-7-18(23(30)26-10-9-22(25)29)12-20(21)27-24(31)17-5-4-6-19(11-17)32-3/h4-8,11-12,15-16H,9-10,13-14H2,1-3H3,(H2,25,29)(H,26,30)(H,27,31). The zero-order valence-corrected chi connectivity index (χ0v) is 19.1. The van der Waals surface area contributed by atoms with Gasteiger partial charge in [-0.2, -0.15) is 0 Å². The maximum Gasteiger partial charge on any atom is 0.255 e. The van der Waals surface area contributed by atoms with Gasteiger partial charge >= 0.3 is 0 Å². The molecule has 0 saturated carbocycles. The number of ether oxygens (including phenoxy) is 2. The minimum Gasteiger partial charge on any atom is -0.497 e. The molecule has 2 atom stereocenters. The van der Waals surface area contributed by atoms with Crippen LogP contribution in [0.15, 0.2) is 42.5 Å². The molecule has 0 spiro atoms. The predicted octanol–water partition coefficient (Wildman–Crippen LogP) is 2.17. The SMILES string of the molecule is COc1cccc(C(=O)Nc2cc(C(=O)NCCC(N)=O)ccc2N2C(C)COCC2C)c1. The van der Waals surface area contributed by atoms with Gasteiger partial charge in [-0.05, 0) is 50.2 Å². The molecule has 0 aliphatic carbocycles. The van der Waals surface area contributed by atoms with Crippen molar-refractivity contribution in [3.05, 3.63) is 53.6 Å². The fourth-order valence-corrected chi connectivity index (χ4v) is 3.84. The molecule has 1 saturated heterocycles. The lowest BCUT2D eigenvalue weighted by Crippen LogP contribution is -2.50. The summed E-state index contributed by atoms with van der Waals surface area (Å²) >= 11 is 0. The average Bonchev–Trinajstić information content (AvgIpc) is 2.79. The third-order valence-electron chi connectivity index (χ3n) is 5.44. The lowest BCUT2D eigenvalue weighted by molar-refractivity contribution is -0.117. The zero-order chi connectivity index (χ0) is 24.0. The molecule has 9 nitrogen and oxygen atoms in total. The zero-order valence-electron chi connectivity index (χ0n) is 19.1. The van der Waals surface area contributed by atoms with Gasteiger partial charge in [-0.3, -0.25) is 14.4 Å². The van der Waals surface area contributed by atoms with Gasteiger partial charge < -0.3 is 30.7 Å². The third kappa shape index (κ3) is 6.01. The second kappa shape index (κ2) is 10.8. The molecule has 1 aliphatic heterocycles. The van der Waals surface area contributed by atoms with Crippen LogP contribution in [-0.2, 0) is 9.53 Å². The number of hydrogen-bond acceptors (Lipinski definition) is 6. The Balaban J connectivity index is 1.93. The highest BCUT2D eigenvalue weighted by molar-refractivity contribution is 6.07. The first kappa shape index (κ1) is 24.1. The number of nitrogens with two attached hydrogens (primary N) is 1. The van der Waals surface area contributed by atoms with Crippen LogP contribution in [0.25, 0.3) is 0 Å². The van der Waals surface area contributed by atoms with E-state index in [0.717, 1.165) is 5.69 Å². The third-order valence-corrected chi connectivity index (χ3v) is 5.44. The first-order valence-corrected chi connectivity index (χ1v) is 10.8. The highest BCUT2D eigenvalue weighted by Crippen LogP contribution is 2.33. The van der Waals surface area contributed by atoms with Gasteiger partial charge in [0.2, 0.25) is 5.91 Å². The van der Waals surface area contributed by atoms with Gasteiger partial charge in [0.25, 0.3) is 11.8 Å². The number of amides is 3. The fraction of sp³-hybridized carbons (Fsp3) is 0.375. The van der Waals surface area contributed by atoms with Crippen LogP contribution in [0.5, 0.6) is 5.75 Å². The van der Waals surface area contributed by atoms with Gasteiger partial charge in [-0.1, -0.05) is 6.07 Å². The predicted molar refractivity (Wildman–Crippen MR) is 126 cm³/mol. The summed E-state index contributed by atoms with van der Waals surface area (Å²) in [7, 11) is 1.54. The summed E-state index contributed by atoms with van der Waals surface area (Å²) in [5, 5.41) is 5.63. The number of nitrogens with one attached hydrogen (secondary N) is 2. The minimum absolute atomic E-state index is 0.0477. The molecular weight excluding hydrogens is 424 g/mol. The monoisotopic (exact) mass is 454 g/mol. The Morgan fingerprint density at radius 2 is 1.76 bits per heavy atom. The van der Waals surface area contributed by atoms with Gasteiger partial charge in [0.1, 0.15) is 5.75 Å². The molecule has 2 unspecified atom stereocenters. The summed E-state index contributed by atoms with van der Waals surface area (Å²) in [5.41, 5.74) is 7.23. The summed E-state index contributed by atoms with van der Waals surface area (Å²) in [5.74, 6) is -0.606. The Labute approximate surface area is 193 Å². The van der Waals surface area contributed by atoms with Crippen LogP contribution >= 0.6 is 0 Å². The number of carbonyl (C=O) groups is 3. The van der Waals surface area contributed by atoms with Gasteiger partial charge in [-0.25, -0.2) is 0 Å². The lowest BCUT2D eigenvalue weighted by Gasteiger charge is -2.41. The van der Waals surface area contributed by atoms with Gasteiger partial charge in [-0.15, -0.1) is 0 Å². The number of anilines is 2. The summed E-state index contributed by atoms with van der Waals surface area (Å²) in [6.07, 6.45) is 0.0477. The van der Waals surface area contributed by atoms with E-state index in [1.54, 1.807) is 36.4 Å². The summed E-state index contributed by atoms with van der Waals surface area (Å²) in [6.45, 7) is 5.35. The van der Waals surface area contributed by atoms with Gasteiger partial charge in [0.15, 0.2) is 0 Å². The molecule has 1 aliphatic rings. The van der Waals surface area contributed by atoms with Crippen LogP contribution in [0.4, 0.5) is 11.4 Å². The molecule has 2 aromatic rings. The number of hydrogen-bond donors (Lipinski definition) is 3. The van der Waals surface area contributed by atoms with Crippen molar-refractivity contribution in [2.45, 2.75) is 32.4 Å². The molecule has 0 aromatic heterocycles. The van der Waals surface area contributed by atoms with Crippen molar-refractivity contribution in [3.63, 3.8) is 0 Å². The van der Waals surface area contributed by atoms with Crippen molar-refractivity contribution in [2.24, 2.45) is 5.73 Å². The van der Waals surface area contributed by atoms with E-state index >= 15 is 0 Å². The Bertz CT molecular complexity index is 1020. The van der Waals surface area contributed by atoms with Crippen LogP contribution in [-0.4, -0.2) is 56.7 Å². The number of carbonyl (C=O) groups excluding carboxylic acids is 3. The number of primary amides is 1. The van der Waals surface area contributed by atoms with E-state index in [9.17, 15) is 14.4 Å². The molecule has 3 amide bonds. The van der Waals surface area contributed by atoms with Crippen molar-refractivity contribution in [3.8, 4) is 5.75 Å². The maximum atomic E-state index is 13.0. The number of methoxy groups -OCH3 is 1. The van der Waals surface area contributed by atoms with Crippen LogP contribution in [0, 0.1) is 0 Å². The highest BCUT2D eigenvalue weighted by Gasteiger charge is 2.28. The van der Waals surface area contributed by atoms with E-state index in [-0.39, 0.29) is 36.9 Å². The van der Waals surface area contributed by atoms with E-state index in [1.807, 2.05) is 19.9 Å². The first-order valence-electron chi connectivity index (χ1n) is 10.8.